The number of H-pyrrole nitrogens is 1. The van der Waals surface area contributed by atoms with E-state index < -0.39 is 10.8 Å². The third kappa shape index (κ3) is 6.40. The minimum absolute atomic E-state index is 0.0537. The quantitative estimate of drug-likeness (QED) is 0.196. The van der Waals surface area contributed by atoms with Gasteiger partial charge < -0.3 is 25.8 Å². The molecule has 2 aliphatic heterocycles. The molecule has 4 N–H and O–H groups in total. The number of nitrogens with zero attached hydrogens (tertiary/aromatic N) is 4. The van der Waals surface area contributed by atoms with Crippen molar-refractivity contribution in [1.29, 1.82) is 0 Å². The number of amides is 4. The maximum absolute atomic E-state index is 14.7. The highest BCUT2D eigenvalue weighted by atomic mass is 16.2. The van der Waals surface area contributed by atoms with Crippen molar-refractivity contribution in [3.05, 3.63) is 106 Å². The van der Waals surface area contributed by atoms with E-state index in [1.807, 2.05) is 75.5 Å². The van der Waals surface area contributed by atoms with Gasteiger partial charge in [-0.3, -0.25) is 24.3 Å². The molecule has 12 nitrogen and oxygen atoms in total. The Bertz CT molecular complexity index is 2000. The lowest BCUT2D eigenvalue weighted by Gasteiger charge is -2.42. The van der Waals surface area contributed by atoms with Gasteiger partial charge in [-0.1, -0.05) is 43.3 Å². The molecule has 4 heterocycles. The third-order valence-corrected chi connectivity index (χ3v) is 11.0. The number of fused-ring (bicyclic) bond motifs is 3. The second kappa shape index (κ2) is 13.7. The monoisotopic (exact) mass is 688 g/mol. The van der Waals surface area contributed by atoms with Gasteiger partial charge in [-0.05, 0) is 92.6 Å². The van der Waals surface area contributed by atoms with Gasteiger partial charge in [0, 0.05) is 49.3 Å². The van der Waals surface area contributed by atoms with Crippen LogP contribution in [0, 0.1) is 12.3 Å². The first-order chi connectivity index (χ1) is 24.6. The Labute approximate surface area is 297 Å². The summed E-state index contributed by atoms with van der Waals surface area (Å²) in [4.78, 5) is 62.6. The Morgan fingerprint density at radius 3 is 2.47 bits per heavy atom. The SMILES string of the molecule is CCC1(C(=O)N(CC(=O)Nc2ccc3c(c2)C[C@@]2(C3)C(=O)Nc3ncccc32)Cc2ccccc2CNC)CCN(C(=O)c2cc(C)[nH]n2)CC1. The molecule has 0 unspecified atom stereocenters. The zero-order valence-corrected chi connectivity index (χ0v) is 29.3. The van der Waals surface area contributed by atoms with Gasteiger partial charge in [-0.15, -0.1) is 0 Å². The molecule has 4 aromatic rings. The summed E-state index contributed by atoms with van der Waals surface area (Å²) < 4.78 is 0. The lowest BCUT2D eigenvalue weighted by Crippen LogP contribution is -2.52. The number of carbonyl (C=O) groups is 4. The summed E-state index contributed by atoms with van der Waals surface area (Å²) in [6, 6.07) is 19.3. The van der Waals surface area contributed by atoms with E-state index in [1.54, 1.807) is 22.1 Å². The van der Waals surface area contributed by atoms with Crippen molar-refractivity contribution in [2.75, 3.05) is 37.3 Å². The molecule has 51 heavy (non-hydrogen) atoms. The molecule has 1 fully saturated rings. The van der Waals surface area contributed by atoms with Crippen LogP contribution in [0.1, 0.15) is 70.2 Å². The van der Waals surface area contributed by atoms with E-state index in [0.29, 0.717) is 68.9 Å². The van der Waals surface area contributed by atoms with E-state index in [4.69, 9.17) is 0 Å². The molecule has 1 spiro atoms. The lowest BCUT2D eigenvalue weighted by atomic mass is 9.74. The fourth-order valence-electron chi connectivity index (χ4n) is 8.08. The minimum Gasteiger partial charge on any atom is -0.337 e. The third-order valence-electron chi connectivity index (χ3n) is 11.0. The Morgan fingerprint density at radius 1 is 0.980 bits per heavy atom. The van der Waals surface area contributed by atoms with Crippen LogP contribution in [0.2, 0.25) is 0 Å². The summed E-state index contributed by atoms with van der Waals surface area (Å²) in [6.45, 7) is 5.49. The zero-order chi connectivity index (χ0) is 35.8. The van der Waals surface area contributed by atoms with Crippen molar-refractivity contribution in [2.45, 2.75) is 64.5 Å². The van der Waals surface area contributed by atoms with Crippen LogP contribution in [0.4, 0.5) is 11.5 Å². The first-order valence-electron chi connectivity index (χ1n) is 17.7. The number of benzene rings is 2. The summed E-state index contributed by atoms with van der Waals surface area (Å²) in [5.41, 5.74) is 5.38. The predicted octanol–water partition coefficient (Wildman–Crippen LogP) is 4.12. The number of aromatic nitrogens is 3. The first kappa shape index (κ1) is 34.1. The molecule has 0 radical (unpaired) electrons. The van der Waals surface area contributed by atoms with Gasteiger partial charge in [0.15, 0.2) is 0 Å². The summed E-state index contributed by atoms with van der Waals surface area (Å²) >= 11 is 0. The molecule has 3 aliphatic rings. The van der Waals surface area contributed by atoms with Crippen molar-refractivity contribution in [3.63, 3.8) is 0 Å². The predicted molar refractivity (Wildman–Crippen MR) is 193 cm³/mol. The van der Waals surface area contributed by atoms with Crippen LogP contribution in [-0.2, 0) is 45.7 Å². The molecular weight excluding hydrogens is 644 g/mol. The van der Waals surface area contributed by atoms with Crippen LogP contribution >= 0.6 is 0 Å². The summed E-state index contributed by atoms with van der Waals surface area (Å²) in [7, 11) is 1.88. The van der Waals surface area contributed by atoms with Gasteiger partial charge in [0.05, 0.1) is 10.8 Å². The van der Waals surface area contributed by atoms with Gasteiger partial charge in [-0.2, -0.15) is 5.10 Å². The average Bonchev–Trinajstić information content (AvgIpc) is 3.83. The van der Waals surface area contributed by atoms with E-state index in [9.17, 15) is 19.2 Å². The van der Waals surface area contributed by atoms with Crippen molar-refractivity contribution in [3.8, 4) is 0 Å². The molecule has 0 bridgehead atoms. The van der Waals surface area contributed by atoms with Gasteiger partial charge in [0.25, 0.3) is 5.91 Å². The van der Waals surface area contributed by atoms with Crippen molar-refractivity contribution in [1.82, 2.24) is 30.3 Å². The number of pyridine rings is 1. The summed E-state index contributed by atoms with van der Waals surface area (Å²) in [5.74, 6) is 0.0192. The molecule has 7 rings (SSSR count). The summed E-state index contributed by atoms with van der Waals surface area (Å²) in [6.07, 6.45) is 4.33. The fraction of sp³-hybridized carbons (Fsp3) is 0.385. The van der Waals surface area contributed by atoms with Crippen molar-refractivity contribution in [2.24, 2.45) is 5.41 Å². The Balaban J connectivity index is 1.09. The molecule has 12 heteroatoms. The number of rotatable bonds is 10. The van der Waals surface area contributed by atoms with E-state index in [1.165, 1.54) is 0 Å². The number of hydrogen-bond donors (Lipinski definition) is 4. The van der Waals surface area contributed by atoms with Gasteiger partial charge >= 0.3 is 0 Å². The number of hydrogen-bond acceptors (Lipinski definition) is 7. The van der Waals surface area contributed by atoms with Gasteiger partial charge in [-0.25, -0.2) is 4.98 Å². The number of nitrogens with one attached hydrogen (secondary N) is 4. The highest BCUT2D eigenvalue weighted by molar-refractivity contribution is 6.06. The van der Waals surface area contributed by atoms with Crippen LogP contribution < -0.4 is 16.0 Å². The first-order valence-corrected chi connectivity index (χ1v) is 17.7. The fourth-order valence-corrected chi connectivity index (χ4v) is 8.08. The normalized spacial score (nSPS) is 18.6. The molecule has 4 amide bonds. The molecule has 1 aliphatic carbocycles. The second-order valence-corrected chi connectivity index (χ2v) is 14.1. The van der Waals surface area contributed by atoms with E-state index in [0.717, 1.165) is 33.5 Å². The van der Waals surface area contributed by atoms with E-state index in [2.05, 4.69) is 31.1 Å². The molecule has 264 valence electrons. The minimum atomic E-state index is -0.717. The van der Waals surface area contributed by atoms with Gasteiger partial charge in [0.2, 0.25) is 17.7 Å². The van der Waals surface area contributed by atoms with Crippen LogP contribution in [0.15, 0.2) is 66.9 Å². The topological polar surface area (TPSA) is 152 Å². The largest absolute Gasteiger partial charge is 0.337 e. The zero-order valence-electron chi connectivity index (χ0n) is 29.3. The van der Waals surface area contributed by atoms with Gasteiger partial charge in [0.1, 0.15) is 18.1 Å². The smallest absolute Gasteiger partial charge is 0.274 e. The van der Waals surface area contributed by atoms with Crippen LogP contribution in [0.25, 0.3) is 0 Å². The molecular formula is C39H44N8O4. The lowest BCUT2D eigenvalue weighted by molar-refractivity contribution is -0.147. The molecule has 2 aromatic carbocycles. The number of aryl methyl sites for hydroxylation is 1. The molecule has 1 atom stereocenters. The maximum Gasteiger partial charge on any atom is 0.274 e. The van der Waals surface area contributed by atoms with Crippen molar-refractivity contribution >= 4 is 35.1 Å². The van der Waals surface area contributed by atoms with Crippen LogP contribution in [-0.4, -0.2) is 75.3 Å². The van der Waals surface area contributed by atoms with Crippen LogP contribution in [0.3, 0.4) is 0 Å². The molecule has 2 aromatic heterocycles. The molecule has 0 saturated carbocycles. The second-order valence-electron chi connectivity index (χ2n) is 14.1. The number of aromatic amines is 1. The highest BCUT2D eigenvalue weighted by Gasteiger charge is 2.51. The Kier molecular flexibility index (Phi) is 9.19. The Morgan fingerprint density at radius 2 is 1.75 bits per heavy atom. The number of likely N-dealkylation sites (tertiary alicyclic amines) is 1. The highest BCUT2D eigenvalue weighted by Crippen LogP contribution is 2.47. The Hall–Kier alpha value is -5.36. The molecule has 1 saturated heterocycles. The standard InChI is InChI=1S/C39H44N8O4/c1-4-38(13-16-46(17-14-38)35(49)32-18-25(2)44-45-32)37(51)47(23-28-9-6-5-8-27(28)22-40-3)24-33(48)42-30-12-11-26-20-39(21-29(26)19-30)31-10-7-15-41-34(31)43-36(39)50/h5-12,15,18-19,40H,4,13-14,16-17,20-24H2,1-3H3,(H,42,48)(H,44,45)(H,41,43,50)/t39-/m1/s1. The summed E-state index contributed by atoms with van der Waals surface area (Å²) in [5, 5.41) is 16.2. The van der Waals surface area contributed by atoms with Crippen LogP contribution in [0.5, 0.6) is 0 Å². The van der Waals surface area contributed by atoms with E-state index >= 15 is 0 Å². The number of carbonyl (C=O) groups excluding carboxylic acids is 4. The average molecular weight is 689 g/mol. The van der Waals surface area contributed by atoms with Crippen molar-refractivity contribution < 1.29 is 19.2 Å². The van der Waals surface area contributed by atoms with E-state index in [-0.39, 0.29) is 36.7 Å². The number of anilines is 2. The maximum atomic E-state index is 14.7. The number of piperidine rings is 1.